The molecule has 0 fully saturated rings. The van der Waals surface area contributed by atoms with E-state index in [-0.39, 0.29) is 68.7 Å². The van der Waals surface area contributed by atoms with Crippen molar-refractivity contribution in [2.24, 2.45) is 4.99 Å². The molecule has 0 atom stereocenters. The predicted octanol–water partition coefficient (Wildman–Crippen LogP) is 7.90. The van der Waals surface area contributed by atoms with Gasteiger partial charge in [-0.25, -0.2) is 4.79 Å². The number of unbranched alkanes of at least 4 members (excludes halogenated alkanes) is 3. The summed E-state index contributed by atoms with van der Waals surface area (Å²) in [7, 11) is 0. The molecule has 1 aliphatic heterocycles. The molecule has 2 aliphatic rings. The molecular formula is C35H36ClF6N3O6. The Kier molecular flexibility index (Phi) is 14.1. The van der Waals surface area contributed by atoms with Crippen molar-refractivity contribution in [3.8, 4) is 22.5 Å². The van der Waals surface area contributed by atoms with Crippen LogP contribution in [0.2, 0.25) is 0 Å². The number of ether oxygens (including phenoxy) is 2. The lowest BCUT2D eigenvalue weighted by Crippen LogP contribution is -2.27. The molecule has 1 amide bonds. The molecule has 276 valence electrons. The first-order valence-corrected chi connectivity index (χ1v) is 16.5. The molecule has 2 aromatic rings. The standard InChI is InChI=1S/C35H36ClF6N3O6/c36-11-3-1-2-4-13-49-15-16-50-14-12-43-32(46)22-5-8-25(33(47)48)28(17-22)31-26-9-6-23(44-20-34(37,38)39)18-29(26)51-30-19-24(7-10-27(30)31)45-21-35(40,41)42/h5-10,17-19,44H,1-4,11-16,20-21H2,(H,43,46)(H,47,48). The van der Waals surface area contributed by atoms with Crippen LogP contribution >= 0.6 is 11.6 Å². The molecule has 3 N–H and O–H groups in total. The minimum atomic E-state index is -4.58. The molecule has 16 heteroatoms. The van der Waals surface area contributed by atoms with Crippen LogP contribution in [0.25, 0.3) is 33.4 Å². The van der Waals surface area contributed by atoms with Crippen LogP contribution in [0.3, 0.4) is 0 Å². The van der Waals surface area contributed by atoms with Crippen molar-refractivity contribution in [2.75, 3.05) is 57.3 Å². The maximum atomic E-state index is 13.1. The number of fused-ring (bicyclic) bond motifs is 2. The van der Waals surface area contributed by atoms with Crippen molar-refractivity contribution in [1.29, 1.82) is 0 Å². The van der Waals surface area contributed by atoms with Gasteiger partial charge in [0, 0.05) is 58.9 Å². The van der Waals surface area contributed by atoms with E-state index in [1.54, 1.807) is 0 Å². The lowest BCUT2D eigenvalue weighted by atomic mass is 9.89. The molecule has 0 radical (unpaired) electrons. The summed E-state index contributed by atoms with van der Waals surface area (Å²) in [6, 6.07) is 11.9. The number of nitrogens with zero attached hydrogens (tertiary/aromatic N) is 1. The molecule has 0 saturated heterocycles. The van der Waals surface area contributed by atoms with Crippen LogP contribution in [0, 0.1) is 0 Å². The predicted molar refractivity (Wildman–Crippen MR) is 179 cm³/mol. The van der Waals surface area contributed by atoms with Crippen LogP contribution in [0.15, 0.2) is 64.0 Å². The number of hydrogen-bond donors (Lipinski definition) is 3. The zero-order chi connectivity index (χ0) is 37.0. The van der Waals surface area contributed by atoms with E-state index in [4.69, 9.17) is 25.5 Å². The Bertz CT molecular complexity index is 1830. The van der Waals surface area contributed by atoms with Gasteiger partial charge < -0.3 is 29.6 Å². The molecule has 0 spiro atoms. The van der Waals surface area contributed by atoms with Crippen LogP contribution in [0.5, 0.6) is 0 Å². The van der Waals surface area contributed by atoms with Crippen molar-refractivity contribution < 1.29 is 54.9 Å². The van der Waals surface area contributed by atoms with Crippen molar-refractivity contribution in [2.45, 2.75) is 38.0 Å². The lowest BCUT2D eigenvalue weighted by Gasteiger charge is -2.18. The summed E-state index contributed by atoms with van der Waals surface area (Å²) in [5.74, 6) is -1.25. The van der Waals surface area contributed by atoms with Gasteiger partial charge in [0.25, 0.3) is 5.91 Å². The molecule has 2 aromatic carbocycles. The largest absolute Gasteiger partial charge is 0.478 e. The molecule has 0 bridgehead atoms. The second kappa shape index (κ2) is 18.2. The number of aromatic carboxylic acids is 1. The fourth-order valence-corrected chi connectivity index (χ4v) is 5.34. The summed E-state index contributed by atoms with van der Waals surface area (Å²) in [5.41, 5.74) is 0.443. The van der Waals surface area contributed by atoms with Crippen LogP contribution in [-0.2, 0) is 9.47 Å². The van der Waals surface area contributed by atoms with Gasteiger partial charge in [-0.1, -0.05) is 12.8 Å². The molecule has 0 unspecified atom stereocenters. The topological polar surface area (TPSA) is 122 Å². The Morgan fingerprint density at radius 3 is 2.27 bits per heavy atom. The summed E-state index contributed by atoms with van der Waals surface area (Å²) in [4.78, 5) is 29.1. The molecule has 1 heterocycles. The second-order valence-electron chi connectivity index (χ2n) is 11.4. The molecule has 1 aliphatic carbocycles. The monoisotopic (exact) mass is 743 g/mol. The summed E-state index contributed by atoms with van der Waals surface area (Å²) in [5, 5.41) is 15.2. The number of carboxylic acids is 1. The first-order valence-electron chi connectivity index (χ1n) is 16.0. The van der Waals surface area contributed by atoms with Gasteiger partial charge in [-0.15, -0.1) is 11.6 Å². The third-order valence-corrected chi connectivity index (χ3v) is 7.76. The van der Waals surface area contributed by atoms with Gasteiger partial charge in [-0.2, -0.15) is 26.3 Å². The van der Waals surface area contributed by atoms with Gasteiger partial charge in [0.05, 0.1) is 30.7 Å². The Balaban J connectivity index is 1.61. The van der Waals surface area contributed by atoms with Gasteiger partial charge in [-0.05, 0) is 60.9 Å². The molecule has 0 aromatic heterocycles. The van der Waals surface area contributed by atoms with E-state index in [9.17, 15) is 41.0 Å². The Morgan fingerprint density at radius 2 is 1.57 bits per heavy atom. The van der Waals surface area contributed by atoms with E-state index in [0.29, 0.717) is 25.7 Å². The maximum absolute atomic E-state index is 13.1. The highest BCUT2D eigenvalue weighted by atomic mass is 35.5. The van der Waals surface area contributed by atoms with E-state index in [1.807, 2.05) is 0 Å². The van der Waals surface area contributed by atoms with Crippen molar-refractivity contribution >= 4 is 40.1 Å². The van der Waals surface area contributed by atoms with E-state index in [1.165, 1.54) is 54.6 Å². The van der Waals surface area contributed by atoms with Crippen LogP contribution in [-0.4, -0.2) is 81.3 Å². The van der Waals surface area contributed by atoms with E-state index >= 15 is 0 Å². The molecule has 51 heavy (non-hydrogen) atoms. The van der Waals surface area contributed by atoms with Crippen molar-refractivity contribution in [1.82, 2.24) is 5.32 Å². The molecule has 9 nitrogen and oxygen atoms in total. The van der Waals surface area contributed by atoms with Crippen molar-refractivity contribution in [3.63, 3.8) is 0 Å². The van der Waals surface area contributed by atoms with Gasteiger partial charge >= 0.3 is 18.3 Å². The number of carbonyl (C=O) groups excluding carboxylic acids is 1. The molecular weight excluding hydrogens is 708 g/mol. The van der Waals surface area contributed by atoms with Crippen molar-refractivity contribution in [3.05, 3.63) is 71.1 Å². The molecule has 4 rings (SSSR count). The van der Waals surface area contributed by atoms with Crippen LogP contribution in [0.1, 0.15) is 46.4 Å². The number of carbonyl (C=O) groups is 2. The quantitative estimate of drug-likeness (QED) is 0.0410. The fourth-order valence-electron chi connectivity index (χ4n) is 5.15. The summed E-state index contributed by atoms with van der Waals surface area (Å²) in [6.07, 6.45) is -5.12. The SMILES string of the molecule is O=C(NCCOCCOCCCCCCCl)c1ccc(C(=O)O)c(-c2c3ccc(=NCC(F)(F)F)cc-3oc3cc(NCC(F)(F)F)ccc23)c1. The summed E-state index contributed by atoms with van der Waals surface area (Å²) >= 11 is 5.66. The number of halogens is 7. The zero-order valence-electron chi connectivity index (χ0n) is 27.3. The highest BCUT2D eigenvalue weighted by Gasteiger charge is 2.28. The Labute approximate surface area is 293 Å². The first kappa shape index (κ1) is 39.4. The van der Waals surface area contributed by atoms with Gasteiger partial charge in [0.2, 0.25) is 0 Å². The zero-order valence-corrected chi connectivity index (χ0v) is 28.0. The minimum Gasteiger partial charge on any atom is -0.478 e. The number of nitrogens with one attached hydrogen (secondary N) is 2. The number of alkyl halides is 7. The minimum absolute atomic E-state index is 0.00343. The Hall–Kier alpha value is -4.34. The highest BCUT2D eigenvalue weighted by molar-refractivity contribution is 6.17. The third-order valence-electron chi connectivity index (χ3n) is 7.50. The average molecular weight is 744 g/mol. The third kappa shape index (κ3) is 12.1. The number of hydrogen-bond acceptors (Lipinski definition) is 7. The van der Waals surface area contributed by atoms with E-state index in [2.05, 4.69) is 15.6 Å². The highest BCUT2D eigenvalue weighted by Crippen LogP contribution is 2.42. The summed E-state index contributed by atoms with van der Waals surface area (Å²) in [6.45, 7) is -1.16. The number of anilines is 1. The first-order chi connectivity index (χ1) is 24.3. The average Bonchev–Trinajstić information content (AvgIpc) is 3.08. The summed E-state index contributed by atoms with van der Waals surface area (Å²) < 4.78 is 94.3. The number of carboxylic acid groups (broad SMARTS) is 1. The lowest BCUT2D eigenvalue weighted by molar-refractivity contribution is -0.118. The van der Waals surface area contributed by atoms with E-state index in [0.717, 1.165) is 25.7 Å². The Morgan fingerprint density at radius 1 is 0.824 bits per heavy atom. The fraction of sp³-hybridized carbons (Fsp3) is 0.400. The normalized spacial score (nSPS) is 12.5. The molecule has 0 saturated carbocycles. The smallest absolute Gasteiger partial charge is 0.407 e. The van der Waals surface area contributed by atoms with Gasteiger partial charge in [0.1, 0.15) is 24.4 Å². The number of benzene rings is 3. The maximum Gasteiger partial charge on any atom is 0.407 e. The number of amides is 1. The van der Waals surface area contributed by atoms with E-state index < -0.39 is 37.3 Å². The van der Waals surface area contributed by atoms with Gasteiger partial charge in [-0.3, -0.25) is 9.79 Å². The van der Waals surface area contributed by atoms with Gasteiger partial charge in [0.15, 0.2) is 0 Å². The number of rotatable bonds is 18. The second-order valence-corrected chi connectivity index (χ2v) is 11.8. The van der Waals surface area contributed by atoms with Crippen LogP contribution < -0.4 is 16.0 Å². The van der Waals surface area contributed by atoms with Crippen LogP contribution in [0.4, 0.5) is 32.0 Å².